The Labute approximate surface area is 157 Å². The molecule has 2 amide bonds. The van der Waals surface area contributed by atoms with Crippen LogP contribution < -0.4 is 20.5 Å². The number of carbonyl (C=O) groups excluding carboxylic acids is 2. The van der Waals surface area contributed by atoms with Gasteiger partial charge in [-0.2, -0.15) is 4.72 Å². The van der Waals surface area contributed by atoms with Gasteiger partial charge in [0.15, 0.2) is 0 Å². The van der Waals surface area contributed by atoms with Gasteiger partial charge in [0.05, 0.1) is 18.0 Å². The Morgan fingerprint density at radius 3 is 2.26 bits per heavy atom. The molecule has 0 aliphatic carbocycles. The number of hydrogen-bond acceptors (Lipinski definition) is 5. The molecule has 8 nitrogen and oxygen atoms in total. The normalized spacial score (nSPS) is 12.3. The van der Waals surface area contributed by atoms with Crippen molar-refractivity contribution in [2.75, 3.05) is 12.4 Å². The van der Waals surface area contributed by atoms with E-state index in [0.717, 1.165) is 0 Å². The highest BCUT2D eigenvalue weighted by molar-refractivity contribution is 7.89. The average molecular weight is 391 g/mol. The van der Waals surface area contributed by atoms with Gasteiger partial charge in [0.1, 0.15) is 5.75 Å². The average Bonchev–Trinajstić information content (AvgIpc) is 2.61. The number of hydrogen-bond donors (Lipinski definition) is 3. The molecule has 0 aromatic heterocycles. The summed E-state index contributed by atoms with van der Waals surface area (Å²) in [4.78, 5) is 23.3. The summed E-state index contributed by atoms with van der Waals surface area (Å²) >= 11 is 0. The second-order valence-electron chi connectivity index (χ2n) is 5.91. The number of aryl methyl sites for hydroxylation is 1. The summed E-state index contributed by atoms with van der Waals surface area (Å²) in [5, 5.41) is 2.57. The number of nitrogens with two attached hydrogens (primary N) is 1. The highest BCUT2D eigenvalue weighted by atomic mass is 32.2. The van der Waals surface area contributed by atoms with Crippen molar-refractivity contribution in [1.29, 1.82) is 0 Å². The van der Waals surface area contributed by atoms with Crippen LogP contribution in [-0.2, 0) is 14.8 Å². The molecule has 0 aliphatic heterocycles. The molecule has 0 heterocycles. The first-order chi connectivity index (χ1) is 12.6. The molecule has 0 spiro atoms. The highest BCUT2D eigenvalue weighted by Gasteiger charge is 2.22. The summed E-state index contributed by atoms with van der Waals surface area (Å²) in [6.45, 7) is 3.16. The van der Waals surface area contributed by atoms with Crippen molar-refractivity contribution in [3.05, 3.63) is 53.6 Å². The number of methoxy groups -OCH3 is 1. The molecule has 27 heavy (non-hydrogen) atoms. The van der Waals surface area contributed by atoms with Crippen molar-refractivity contribution in [2.24, 2.45) is 5.73 Å². The number of anilines is 1. The molecule has 2 rings (SSSR count). The van der Waals surface area contributed by atoms with E-state index in [-0.39, 0.29) is 4.90 Å². The zero-order valence-electron chi connectivity index (χ0n) is 15.1. The number of carbonyl (C=O) groups is 2. The van der Waals surface area contributed by atoms with E-state index in [4.69, 9.17) is 10.5 Å². The first kappa shape index (κ1) is 20.4. The maximum absolute atomic E-state index is 12.5. The van der Waals surface area contributed by atoms with Gasteiger partial charge in [0.25, 0.3) is 0 Å². The predicted molar refractivity (Wildman–Crippen MR) is 101 cm³/mol. The minimum atomic E-state index is -3.89. The third kappa shape index (κ3) is 5.05. The molecule has 2 aromatic rings. The maximum Gasteiger partial charge on any atom is 0.248 e. The van der Waals surface area contributed by atoms with E-state index in [1.165, 1.54) is 50.4 Å². The molecule has 0 bridgehead atoms. The van der Waals surface area contributed by atoms with Gasteiger partial charge in [-0.1, -0.05) is 0 Å². The van der Waals surface area contributed by atoms with Crippen LogP contribution in [0.5, 0.6) is 5.75 Å². The molecule has 0 radical (unpaired) electrons. The van der Waals surface area contributed by atoms with Crippen molar-refractivity contribution >= 4 is 27.5 Å². The smallest absolute Gasteiger partial charge is 0.248 e. The Balaban J connectivity index is 2.08. The number of nitrogens with one attached hydrogen (secondary N) is 2. The number of ether oxygens (including phenoxy) is 1. The molecule has 0 saturated heterocycles. The van der Waals surface area contributed by atoms with Gasteiger partial charge >= 0.3 is 0 Å². The lowest BCUT2D eigenvalue weighted by Crippen LogP contribution is -2.41. The third-order valence-electron chi connectivity index (χ3n) is 3.84. The Hall–Kier alpha value is -2.91. The van der Waals surface area contributed by atoms with Crippen LogP contribution in [0.3, 0.4) is 0 Å². The van der Waals surface area contributed by atoms with Crippen LogP contribution in [0.1, 0.15) is 22.8 Å². The van der Waals surface area contributed by atoms with Crippen molar-refractivity contribution in [3.63, 3.8) is 0 Å². The Morgan fingerprint density at radius 1 is 1.11 bits per heavy atom. The quantitative estimate of drug-likeness (QED) is 0.657. The molecule has 9 heteroatoms. The minimum absolute atomic E-state index is 0.0336. The standard InChI is InChI=1S/C18H21N3O5S/c1-11-10-15(8-9-16(11)26-3)27(24,25)21-12(2)18(23)20-14-6-4-13(5-7-14)17(19)22/h4-10,12,21H,1-3H3,(H2,19,22)(H,20,23)/t12-/m1/s1. The fourth-order valence-electron chi connectivity index (χ4n) is 2.34. The topological polar surface area (TPSA) is 128 Å². The largest absolute Gasteiger partial charge is 0.496 e. The molecule has 1 atom stereocenters. The van der Waals surface area contributed by atoms with E-state index in [1.807, 2.05) is 0 Å². The first-order valence-electron chi connectivity index (χ1n) is 8.01. The van der Waals surface area contributed by atoms with Crippen molar-refractivity contribution in [1.82, 2.24) is 4.72 Å². The second kappa shape index (κ2) is 8.19. The highest BCUT2D eigenvalue weighted by Crippen LogP contribution is 2.21. The van der Waals surface area contributed by atoms with Gasteiger partial charge in [-0.25, -0.2) is 8.42 Å². The van der Waals surface area contributed by atoms with Crippen molar-refractivity contribution < 1.29 is 22.7 Å². The molecule has 4 N–H and O–H groups in total. The van der Waals surface area contributed by atoms with Crippen LogP contribution in [0.15, 0.2) is 47.4 Å². The van der Waals surface area contributed by atoms with Crippen molar-refractivity contribution in [2.45, 2.75) is 24.8 Å². The molecule has 2 aromatic carbocycles. The zero-order chi connectivity index (χ0) is 20.2. The van der Waals surface area contributed by atoms with E-state index >= 15 is 0 Å². The molecule has 0 saturated carbocycles. The predicted octanol–water partition coefficient (Wildman–Crippen LogP) is 1.41. The van der Waals surface area contributed by atoms with Crippen LogP contribution in [-0.4, -0.2) is 33.4 Å². The summed E-state index contributed by atoms with van der Waals surface area (Å²) < 4.78 is 32.4. The summed E-state index contributed by atoms with van der Waals surface area (Å²) in [6, 6.07) is 9.34. The molecular formula is C18H21N3O5S. The maximum atomic E-state index is 12.5. The van der Waals surface area contributed by atoms with E-state index < -0.39 is 27.9 Å². The minimum Gasteiger partial charge on any atom is -0.496 e. The Kier molecular flexibility index (Phi) is 6.19. The summed E-state index contributed by atoms with van der Waals surface area (Å²) in [5.74, 6) is -0.557. The van der Waals surface area contributed by atoms with Gasteiger partial charge < -0.3 is 15.8 Å². The van der Waals surface area contributed by atoms with E-state index in [0.29, 0.717) is 22.6 Å². The van der Waals surface area contributed by atoms with Gasteiger partial charge in [0.2, 0.25) is 21.8 Å². The van der Waals surface area contributed by atoms with Gasteiger partial charge in [0, 0.05) is 11.3 Å². The summed E-state index contributed by atoms with van der Waals surface area (Å²) in [6.07, 6.45) is 0. The number of amides is 2. The zero-order valence-corrected chi connectivity index (χ0v) is 16.0. The first-order valence-corrected chi connectivity index (χ1v) is 9.50. The Morgan fingerprint density at radius 2 is 1.74 bits per heavy atom. The molecule has 144 valence electrons. The lowest BCUT2D eigenvalue weighted by molar-refractivity contribution is -0.117. The van der Waals surface area contributed by atoms with Crippen LogP contribution in [0, 0.1) is 6.92 Å². The summed E-state index contributed by atoms with van der Waals surface area (Å²) in [7, 11) is -2.39. The summed E-state index contributed by atoms with van der Waals surface area (Å²) in [5.41, 5.74) is 6.53. The van der Waals surface area contributed by atoms with Crippen LogP contribution in [0.2, 0.25) is 0 Å². The Bertz CT molecular complexity index is 955. The number of primary amides is 1. The number of rotatable bonds is 7. The van der Waals surface area contributed by atoms with Crippen LogP contribution >= 0.6 is 0 Å². The molecule has 0 fully saturated rings. The van der Waals surface area contributed by atoms with E-state index in [2.05, 4.69) is 10.0 Å². The van der Waals surface area contributed by atoms with Gasteiger partial charge in [-0.05, 0) is 61.9 Å². The van der Waals surface area contributed by atoms with Crippen LogP contribution in [0.25, 0.3) is 0 Å². The fourth-order valence-corrected chi connectivity index (χ4v) is 3.63. The molecular weight excluding hydrogens is 370 g/mol. The third-order valence-corrected chi connectivity index (χ3v) is 5.38. The van der Waals surface area contributed by atoms with E-state index in [9.17, 15) is 18.0 Å². The number of benzene rings is 2. The SMILES string of the molecule is COc1ccc(S(=O)(=O)N[C@H](C)C(=O)Nc2ccc(C(N)=O)cc2)cc1C. The molecule has 0 aliphatic rings. The second-order valence-corrected chi connectivity index (χ2v) is 7.62. The number of sulfonamides is 1. The fraction of sp³-hybridized carbons (Fsp3) is 0.222. The lowest BCUT2D eigenvalue weighted by atomic mass is 10.2. The van der Waals surface area contributed by atoms with Crippen LogP contribution in [0.4, 0.5) is 5.69 Å². The van der Waals surface area contributed by atoms with E-state index in [1.54, 1.807) is 13.0 Å². The molecule has 0 unspecified atom stereocenters. The van der Waals surface area contributed by atoms with Gasteiger partial charge in [-0.3, -0.25) is 9.59 Å². The van der Waals surface area contributed by atoms with Crippen molar-refractivity contribution in [3.8, 4) is 5.75 Å². The monoisotopic (exact) mass is 391 g/mol. The van der Waals surface area contributed by atoms with Gasteiger partial charge in [-0.15, -0.1) is 0 Å². The lowest BCUT2D eigenvalue weighted by Gasteiger charge is -2.15.